The van der Waals surface area contributed by atoms with E-state index in [1.165, 1.54) is 11.9 Å². The molecule has 9 nitrogen and oxygen atoms in total. The number of benzene rings is 1. The maximum atomic E-state index is 12.9. The van der Waals surface area contributed by atoms with Crippen LogP contribution in [0.3, 0.4) is 0 Å². The van der Waals surface area contributed by atoms with Crippen LogP contribution in [0.5, 0.6) is 0 Å². The Morgan fingerprint density at radius 2 is 1.86 bits per heavy atom. The molecule has 0 bridgehead atoms. The van der Waals surface area contributed by atoms with E-state index in [-0.39, 0.29) is 5.78 Å². The summed E-state index contributed by atoms with van der Waals surface area (Å²) in [7, 11) is 1.52. The Morgan fingerprint density at radius 1 is 1.14 bits per heavy atom. The van der Waals surface area contributed by atoms with Crippen molar-refractivity contribution in [1.29, 1.82) is 0 Å². The average Bonchev–Trinajstić information content (AvgIpc) is 3.22. The number of H-pyrrole nitrogens is 1. The van der Waals surface area contributed by atoms with E-state index >= 15 is 0 Å². The molecule has 9 heteroatoms. The Kier molecular flexibility index (Phi) is 7.33. The van der Waals surface area contributed by atoms with Crippen molar-refractivity contribution in [3.8, 4) is 11.3 Å². The van der Waals surface area contributed by atoms with Crippen LogP contribution in [-0.2, 0) is 16.0 Å². The second kappa shape index (κ2) is 10.5. The largest absolute Gasteiger partial charge is 0.444 e. The first-order valence-corrected chi connectivity index (χ1v) is 12.4. The zero-order valence-corrected chi connectivity index (χ0v) is 21.8. The van der Waals surface area contributed by atoms with Gasteiger partial charge in [0.15, 0.2) is 5.78 Å². The Hall–Kier alpha value is -4.14. The first-order chi connectivity index (χ1) is 17.5. The van der Waals surface area contributed by atoms with Gasteiger partial charge >= 0.3 is 6.09 Å². The number of carbonyl (C=O) groups is 3. The summed E-state index contributed by atoms with van der Waals surface area (Å²) in [4.78, 5) is 47.1. The van der Waals surface area contributed by atoms with Gasteiger partial charge in [-0.25, -0.2) is 9.78 Å². The summed E-state index contributed by atoms with van der Waals surface area (Å²) in [5.41, 5.74) is 4.01. The molecule has 4 rings (SSSR count). The van der Waals surface area contributed by atoms with E-state index in [1.807, 2.05) is 36.4 Å². The van der Waals surface area contributed by atoms with Gasteiger partial charge in [0.05, 0.1) is 16.9 Å². The van der Waals surface area contributed by atoms with Gasteiger partial charge in [0.2, 0.25) is 5.91 Å². The van der Waals surface area contributed by atoms with Gasteiger partial charge in [-0.1, -0.05) is 18.2 Å². The number of pyridine rings is 1. The molecule has 3 aromatic rings. The standard InChI is InChI=1S/C28H33N5O4/c1-17(33(5)27(36)37-28(2,3)4)26(35)32-22-16-18(14-15-29-22)24-25(30-19-10-7-6-8-11-19)23-20(31-24)12-9-13-21(23)34/h6-8,10-11,14-17,30-31H,9,12-13H2,1-5H3,(H,29,32,35)/t17-/m0/s1. The first kappa shape index (κ1) is 25.9. The Labute approximate surface area is 216 Å². The number of amides is 2. The molecule has 1 aromatic carbocycles. The predicted molar refractivity (Wildman–Crippen MR) is 143 cm³/mol. The fraction of sp³-hybridized carbons (Fsp3) is 0.357. The number of para-hydroxylation sites is 1. The van der Waals surface area contributed by atoms with Gasteiger partial charge in [-0.15, -0.1) is 0 Å². The molecule has 1 aliphatic rings. The van der Waals surface area contributed by atoms with Crippen molar-refractivity contribution in [1.82, 2.24) is 14.9 Å². The fourth-order valence-corrected chi connectivity index (χ4v) is 4.16. The van der Waals surface area contributed by atoms with E-state index in [2.05, 4.69) is 20.6 Å². The number of ether oxygens (including phenoxy) is 1. The minimum absolute atomic E-state index is 0.101. The van der Waals surface area contributed by atoms with Crippen LogP contribution in [-0.4, -0.2) is 51.3 Å². The molecule has 37 heavy (non-hydrogen) atoms. The molecule has 0 radical (unpaired) electrons. The third-order valence-electron chi connectivity index (χ3n) is 6.17. The molecule has 0 saturated carbocycles. The van der Waals surface area contributed by atoms with Gasteiger partial charge in [0, 0.05) is 36.6 Å². The van der Waals surface area contributed by atoms with E-state index in [0.717, 1.165) is 35.5 Å². The number of carbonyl (C=O) groups excluding carboxylic acids is 3. The number of nitrogens with zero attached hydrogens (tertiary/aromatic N) is 2. The minimum Gasteiger partial charge on any atom is -0.444 e. The van der Waals surface area contributed by atoms with Gasteiger partial charge in [-0.3, -0.25) is 14.5 Å². The number of rotatable bonds is 6. The molecular weight excluding hydrogens is 470 g/mol. The maximum absolute atomic E-state index is 12.9. The number of fused-ring (bicyclic) bond motifs is 1. The van der Waals surface area contributed by atoms with E-state index in [4.69, 9.17) is 4.74 Å². The molecule has 1 atom stereocenters. The summed E-state index contributed by atoms with van der Waals surface area (Å²) in [5.74, 6) is 0.0295. The Bertz CT molecular complexity index is 1310. The molecule has 0 aliphatic heterocycles. The lowest BCUT2D eigenvalue weighted by molar-refractivity contribution is -0.120. The van der Waals surface area contributed by atoms with E-state index < -0.39 is 23.6 Å². The van der Waals surface area contributed by atoms with Crippen molar-refractivity contribution in [2.75, 3.05) is 17.7 Å². The molecule has 2 aromatic heterocycles. The number of aromatic amines is 1. The summed E-state index contributed by atoms with van der Waals surface area (Å²) >= 11 is 0. The van der Waals surface area contributed by atoms with Crippen molar-refractivity contribution in [3.05, 3.63) is 59.9 Å². The number of aryl methyl sites for hydroxylation is 1. The van der Waals surface area contributed by atoms with Gasteiger partial charge in [-0.05, 0) is 64.8 Å². The molecule has 0 unspecified atom stereocenters. The molecule has 2 amide bonds. The summed E-state index contributed by atoms with van der Waals surface area (Å²) in [5, 5.41) is 6.21. The van der Waals surface area contributed by atoms with Crippen molar-refractivity contribution < 1.29 is 19.1 Å². The van der Waals surface area contributed by atoms with Gasteiger partial charge in [-0.2, -0.15) is 0 Å². The van der Waals surface area contributed by atoms with Crippen molar-refractivity contribution in [2.24, 2.45) is 0 Å². The molecule has 1 aliphatic carbocycles. The van der Waals surface area contributed by atoms with E-state index in [1.54, 1.807) is 40.0 Å². The van der Waals surface area contributed by atoms with Crippen molar-refractivity contribution in [2.45, 2.75) is 58.6 Å². The van der Waals surface area contributed by atoms with Crippen LogP contribution >= 0.6 is 0 Å². The summed E-state index contributed by atoms with van der Waals surface area (Å²) in [6.45, 7) is 6.93. The van der Waals surface area contributed by atoms with Crippen LogP contribution in [0.25, 0.3) is 11.3 Å². The number of ketones is 1. The number of anilines is 3. The van der Waals surface area contributed by atoms with Crippen LogP contribution in [0.1, 0.15) is 56.6 Å². The second-order valence-corrected chi connectivity index (χ2v) is 10.2. The lowest BCUT2D eigenvalue weighted by Crippen LogP contribution is -2.45. The first-order valence-electron chi connectivity index (χ1n) is 12.4. The molecule has 2 heterocycles. The van der Waals surface area contributed by atoms with Crippen LogP contribution in [0.2, 0.25) is 0 Å². The van der Waals surface area contributed by atoms with Crippen LogP contribution < -0.4 is 10.6 Å². The number of likely N-dealkylation sites (N-methyl/N-ethyl adjacent to an activating group) is 1. The number of hydrogen-bond acceptors (Lipinski definition) is 6. The van der Waals surface area contributed by atoms with E-state index in [9.17, 15) is 14.4 Å². The SMILES string of the molecule is C[C@@H](C(=O)Nc1cc(-c2[nH]c3c(c2Nc2ccccc2)C(=O)CCC3)ccn1)N(C)C(=O)OC(C)(C)C. The summed E-state index contributed by atoms with van der Waals surface area (Å²) < 4.78 is 5.36. The van der Waals surface area contributed by atoms with Crippen molar-refractivity contribution >= 4 is 35.0 Å². The predicted octanol–water partition coefficient (Wildman–Crippen LogP) is 5.53. The lowest BCUT2D eigenvalue weighted by atomic mass is 9.95. The topological polar surface area (TPSA) is 116 Å². The van der Waals surface area contributed by atoms with E-state index in [0.29, 0.717) is 23.5 Å². The summed E-state index contributed by atoms with van der Waals surface area (Å²) in [6, 6.07) is 12.5. The summed E-state index contributed by atoms with van der Waals surface area (Å²) in [6.07, 6.45) is 3.11. The Morgan fingerprint density at radius 3 is 2.57 bits per heavy atom. The fourth-order valence-electron chi connectivity index (χ4n) is 4.16. The maximum Gasteiger partial charge on any atom is 0.410 e. The molecule has 0 saturated heterocycles. The van der Waals surface area contributed by atoms with Crippen LogP contribution in [0, 0.1) is 0 Å². The highest BCUT2D eigenvalue weighted by atomic mass is 16.6. The van der Waals surface area contributed by atoms with Gasteiger partial charge in [0.25, 0.3) is 0 Å². The minimum atomic E-state index is -0.786. The third-order valence-corrected chi connectivity index (χ3v) is 6.17. The normalized spacial score (nSPS) is 13.9. The smallest absolute Gasteiger partial charge is 0.410 e. The zero-order chi connectivity index (χ0) is 26.7. The molecular formula is C28H33N5O4. The average molecular weight is 504 g/mol. The zero-order valence-electron chi connectivity index (χ0n) is 21.8. The molecule has 0 spiro atoms. The monoisotopic (exact) mass is 503 g/mol. The highest BCUT2D eigenvalue weighted by Gasteiger charge is 2.29. The lowest BCUT2D eigenvalue weighted by Gasteiger charge is -2.28. The number of Topliss-reactive ketones (excluding diaryl/α,β-unsaturated/α-hetero) is 1. The quantitative estimate of drug-likeness (QED) is 0.407. The van der Waals surface area contributed by atoms with Crippen LogP contribution in [0.15, 0.2) is 48.7 Å². The highest BCUT2D eigenvalue weighted by Crippen LogP contribution is 2.39. The van der Waals surface area contributed by atoms with Crippen molar-refractivity contribution in [3.63, 3.8) is 0 Å². The second-order valence-electron chi connectivity index (χ2n) is 10.2. The number of nitrogens with one attached hydrogen (secondary N) is 3. The molecule has 194 valence electrons. The Balaban J connectivity index is 1.60. The molecule has 0 fully saturated rings. The van der Waals surface area contributed by atoms with Gasteiger partial charge < -0.3 is 20.4 Å². The third kappa shape index (κ3) is 5.99. The number of aromatic nitrogens is 2. The highest BCUT2D eigenvalue weighted by molar-refractivity contribution is 6.07. The molecule has 3 N–H and O–H groups in total. The van der Waals surface area contributed by atoms with Gasteiger partial charge in [0.1, 0.15) is 17.5 Å². The van der Waals surface area contributed by atoms with Crippen LogP contribution in [0.4, 0.5) is 22.0 Å². The number of hydrogen-bond donors (Lipinski definition) is 3.